The standard InChI is InChI=1S/C19H19FN2/c1-13-6-7-17(20)16-9-11-22(19(13)16)18-12-21-10-8-14-4-2-3-5-15(14)18/h2-7,9,11,18,21H,8,10,12H2,1H3. The number of fused-ring (bicyclic) bond motifs is 2. The Morgan fingerprint density at radius 2 is 2.00 bits per heavy atom. The van der Waals surface area contributed by atoms with Crippen LogP contribution in [0, 0.1) is 12.7 Å². The third kappa shape index (κ3) is 2.04. The van der Waals surface area contributed by atoms with E-state index in [2.05, 4.69) is 34.1 Å². The number of halogens is 1. The Bertz CT molecular complexity index is 835. The Morgan fingerprint density at radius 3 is 2.91 bits per heavy atom. The largest absolute Gasteiger partial charge is 0.338 e. The summed E-state index contributed by atoms with van der Waals surface area (Å²) in [5, 5.41) is 4.23. The molecule has 0 spiro atoms. The van der Waals surface area contributed by atoms with Crippen LogP contribution in [-0.2, 0) is 6.42 Å². The van der Waals surface area contributed by atoms with Crippen LogP contribution in [-0.4, -0.2) is 17.7 Å². The second-order valence-corrected chi connectivity index (χ2v) is 6.02. The minimum Gasteiger partial charge on any atom is -0.338 e. The van der Waals surface area contributed by atoms with E-state index in [0.29, 0.717) is 5.39 Å². The third-order valence-corrected chi connectivity index (χ3v) is 4.68. The summed E-state index contributed by atoms with van der Waals surface area (Å²) in [6.45, 7) is 3.91. The predicted molar refractivity (Wildman–Crippen MR) is 87.8 cm³/mol. The molecule has 0 bridgehead atoms. The molecule has 0 aliphatic carbocycles. The van der Waals surface area contributed by atoms with Crippen molar-refractivity contribution in [2.24, 2.45) is 0 Å². The number of nitrogens with one attached hydrogen (secondary N) is 1. The second kappa shape index (κ2) is 5.25. The van der Waals surface area contributed by atoms with Crippen LogP contribution in [0.25, 0.3) is 10.9 Å². The van der Waals surface area contributed by atoms with Gasteiger partial charge in [0.15, 0.2) is 0 Å². The highest BCUT2D eigenvalue weighted by molar-refractivity contribution is 5.84. The van der Waals surface area contributed by atoms with Crippen molar-refractivity contribution >= 4 is 10.9 Å². The van der Waals surface area contributed by atoms with Crippen LogP contribution in [0.4, 0.5) is 4.39 Å². The van der Waals surface area contributed by atoms with Gasteiger partial charge in [-0.3, -0.25) is 0 Å². The van der Waals surface area contributed by atoms with Crippen molar-refractivity contribution in [2.75, 3.05) is 13.1 Å². The SMILES string of the molecule is Cc1ccc(F)c2ccn(C3CNCCc4ccccc43)c12. The highest BCUT2D eigenvalue weighted by atomic mass is 19.1. The number of hydrogen-bond donors (Lipinski definition) is 1. The van der Waals surface area contributed by atoms with Gasteiger partial charge >= 0.3 is 0 Å². The lowest BCUT2D eigenvalue weighted by molar-refractivity contribution is 0.554. The first kappa shape index (κ1) is 13.5. The zero-order valence-corrected chi connectivity index (χ0v) is 12.6. The highest BCUT2D eigenvalue weighted by Crippen LogP contribution is 2.31. The van der Waals surface area contributed by atoms with Gasteiger partial charge in [0.1, 0.15) is 5.82 Å². The summed E-state index contributed by atoms with van der Waals surface area (Å²) in [6.07, 6.45) is 3.06. The quantitative estimate of drug-likeness (QED) is 0.722. The van der Waals surface area contributed by atoms with E-state index in [1.165, 1.54) is 11.1 Å². The first-order chi connectivity index (χ1) is 10.8. The first-order valence-corrected chi connectivity index (χ1v) is 7.80. The molecule has 2 heterocycles. The summed E-state index contributed by atoms with van der Waals surface area (Å²) in [7, 11) is 0. The van der Waals surface area contributed by atoms with E-state index in [-0.39, 0.29) is 11.9 Å². The molecule has 2 nitrogen and oxygen atoms in total. The van der Waals surface area contributed by atoms with E-state index >= 15 is 0 Å². The first-order valence-electron chi connectivity index (χ1n) is 7.80. The van der Waals surface area contributed by atoms with Crippen LogP contribution >= 0.6 is 0 Å². The lowest BCUT2D eigenvalue weighted by atomic mass is 9.99. The van der Waals surface area contributed by atoms with Crippen molar-refractivity contribution in [3.63, 3.8) is 0 Å². The molecule has 3 aromatic rings. The maximum absolute atomic E-state index is 14.1. The molecular formula is C19H19FN2. The van der Waals surface area contributed by atoms with E-state index in [4.69, 9.17) is 0 Å². The van der Waals surface area contributed by atoms with Crippen molar-refractivity contribution in [1.82, 2.24) is 9.88 Å². The van der Waals surface area contributed by atoms with E-state index in [1.54, 1.807) is 6.07 Å². The molecule has 1 aliphatic rings. The molecule has 1 aromatic heterocycles. The molecule has 0 saturated heterocycles. The molecule has 0 amide bonds. The number of benzene rings is 2. The number of hydrogen-bond acceptors (Lipinski definition) is 1. The van der Waals surface area contributed by atoms with Gasteiger partial charge in [-0.1, -0.05) is 30.3 Å². The van der Waals surface area contributed by atoms with Gasteiger partial charge in [0, 0.05) is 18.1 Å². The van der Waals surface area contributed by atoms with Crippen LogP contribution in [0.3, 0.4) is 0 Å². The number of nitrogens with zero attached hydrogens (tertiary/aromatic N) is 1. The Balaban J connectivity index is 1.94. The zero-order chi connectivity index (χ0) is 15.1. The Labute approximate surface area is 129 Å². The molecular weight excluding hydrogens is 275 g/mol. The fourth-order valence-corrected chi connectivity index (χ4v) is 3.59. The minimum absolute atomic E-state index is 0.144. The minimum atomic E-state index is -0.144. The Kier molecular flexibility index (Phi) is 3.23. The molecule has 1 aliphatic heterocycles. The van der Waals surface area contributed by atoms with Crippen molar-refractivity contribution in [1.29, 1.82) is 0 Å². The third-order valence-electron chi connectivity index (χ3n) is 4.68. The van der Waals surface area contributed by atoms with E-state index in [0.717, 1.165) is 30.6 Å². The van der Waals surface area contributed by atoms with Gasteiger partial charge in [0.05, 0.1) is 11.6 Å². The molecule has 1 atom stereocenters. The molecule has 22 heavy (non-hydrogen) atoms. The maximum Gasteiger partial charge on any atom is 0.132 e. The fraction of sp³-hybridized carbons (Fsp3) is 0.263. The lowest BCUT2D eigenvalue weighted by Crippen LogP contribution is -2.24. The second-order valence-electron chi connectivity index (χ2n) is 6.02. The van der Waals surface area contributed by atoms with Crippen molar-refractivity contribution < 1.29 is 4.39 Å². The van der Waals surface area contributed by atoms with Gasteiger partial charge in [0.25, 0.3) is 0 Å². The normalized spacial score (nSPS) is 18.2. The van der Waals surface area contributed by atoms with Crippen molar-refractivity contribution in [3.05, 3.63) is 71.2 Å². The summed E-state index contributed by atoms with van der Waals surface area (Å²) >= 11 is 0. The number of aryl methyl sites for hydroxylation is 1. The van der Waals surface area contributed by atoms with Crippen LogP contribution in [0.1, 0.15) is 22.7 Å². The molecule has 0 saturated carbocycles. The topological polar surface area (TPSA) is 17.0 Å². The number of rotatable bonds is 1. The van der Waals surface area contributed by atoms with Crippen LogP contribution in [0.2, 0.25) is 0 Å². The Hall–Kier alpha value is -2.13. The molecule has 1 N–H and O–H groups in total. The van der Waals surface area contributed by atoms with Gasteiger partial charge in [-0.25, -0.2) is 4.39 Å². The summed E-state index contributed by atoms with van der Waals surface area (Å²) in [5.74, 6) is -0.144. The lowest BCUT2D eigenvalue weighted by Gasteiger charge is -2.21. The molecule has 3 heteroatoms. The van der Waals surface area contributed by atoms with Gasteiger partial charge in [0.2, 0.25) is 0 Å². The molecule has 4 rings (SSSR count). The summed E-state index contributed by atoms with van der Waals surface area (Å²) in [5.41, 5.74) is 4.84. The van der Waals surface area contributed by atoms with E-state index < -0.39 is 0 Å². The number of aromatic nitrogens is 1. The van der Waals surface area contributed by atoms with Crippen molar-refractivity contribution in [3.8, 4) is 0 Å². The van der Waals surface area contributed by atoms with Crippen LogP contribution < -0.4 is 5.32 Å². The molecule has 1 unspecified atom stereocenters. The molecule has 2 aromatic carbocycles. The summed E-state index contributed by atoms with van der Waals surface area (Å²) in [4.78, 5) is 0. The van der Waals surface area contributed by atoms with Crippen molar-refractivity contribution in [2.45, 2.75) is 19.4 Å². The average Bonchev–Trinajstić information content (AvgIpc) is 2.87. The molecule has 0 fully saturated rings. The molecule has 0 radical (unpaired) electrons. The van der Waals surface area contributed by atoms with Gasteiger partial charge in [-0.2, -0.15) is 0 Å². The maximum atomic E-state index is 14.1. The van der Waals surface area contributed by atoms with Gasteiger partial charge in [-0.15, -0.1) is 0 Å². The molecule has 112 valence electrons. The summed E-state index contributed by atoms with van der Waals surface area (Å²) < 4.78 is 16.3. The van der Waals surface area contributed by atoms with Gasteiger partial charge in [-0.05, 0) is 48.7 Å². The predicted octanol–water partition coefficient (Wildman–Crippen LogP) is 3.82. The zero-order valence-electron chi connectivity index (χ0n) is 12.6. The van der Waals surface area contributed by atoms with Gasteiger partial charge < -0.3 is 9.88 Å². The monoisotopic (exact) mass is 294 g/mol. The highest BCUT2D eigenvalue weighted by Gasteiger charge is 2.22. The smallest absolute Gasteiger partial charge is 0.132 e. The average molecular weight is 294 g/mol. The van der Waals surface area contributed by atoms with E-state index in [1.807, 2.05) is 25.3 Å². The van der Waals surface area contributed by atoms with Crippen LogP contribution in [0.5, 0.6) is 0 Å². The fourth-order valence-electron chi connectivity index (χ4n) is 3.59. The Morgan fingerprint density at radius 1 is 1.14 bits per heavy atom. The van der Waals surface area contributed by atoms with Crippen LogP contribution in [0.15, 0.2) is 48.7 Å². The summed E-state index contributed by atoms with van der Waals surface area (Å²) in [6, 6.07) is 14.1. The van der Waals surface area contributed by atoms with E-state index in [9.17, 15) is 4.39 Å².